The van der Waals surface area contributed by atoms with Gasteiger partial charge in [0.15, 0.2) is 0 Å². The van der Waals surface area contributed by atoms with Crippen LogP contribution in [0.5, 0.6) is 0 Å². The van der Waals surface area contributed by atoms with E-state index in [2.05, 4.69) is 3.83 Å². The van der Waals surface area contributed by atoms with E-state index in [1.165, 1.54) is 0 Å². The van der Waals surface area contributed by atoms with Crippen molar-refractivity contribution in [2.75, 3.05) is 14.1 Å². The van der Waals surface area contributed by atoms with E-state index in [1.54, 1.807) is 21.3 Å². The molecule has 0 unspecified atom stereocenters. The Balaban J connectivity index is -0.0000000800. The van der Waals surface area contributed by atoms with Crippen LogP contribution >= 0.6 is 0 Å². The normalized spacial score (nSPS) is 6.57. The van der Waals surface area contributed by atoms with Crippen LogP contribution in [0, 0.1) is 0 Å². The average Bonchev–Trinajstić information content (AvgIpc) is 1.38. The average molecular weight is 223 g/mol. The van der Waals surface area contributed by atoms with Crippen LogP contribution in [0.3, 0.4) is 0 Å². The summed E-state index contributed by atoms with van der Waals surface area (Å²) < 4.78 is 2.91. The predicted molar refractivity (Wildman–Crippen MR) is 16.8 cm³/mol. The fourth-order valence-corrected chi connectivity index (χ4v) is 0. The third kappa shape index (κ3) is 18.9. The Bertz CT molecular complexity index is 27.7. The second kappa shape index (κ2) is 10.3. The van der Waals surface area contributed by atoms with Gasteiger partial charge >= 0.3 is 44.3 Å². The van der Waals surface area contributed by atoms with E-state index >= 15 is 0 Å². The molecule has 0 aromatic rings. The first-order valence-corrected chi connectivity index (χ1v) is 2.44. The van der Waals surface area contributed by atoms with Crippen molar-refractivity contribution < 1.29 is 46.1 Å². The van der Waals surface area contributed by atoms with E-state index in [1.807, 2.05) is 19.1 Å². The first-order chi connectivity index (χ1) is 2.27. The van der Waals surface area contributed by atoms with Crippen molar-refractivity contribution in [3.63, 3.8) is 0 Å². The van der Waals surface area contributed by atoms with E-state index in [9.17, 15) is 0 Å². The predicted octanol–water partition coefficient (Wildman–Crippen LogP) is -6.48. The molecule has 0 aromatic heterocycles. The molecule has 2 nitrogen and oxygen atoms in total. The quantitative estimate of drug-likeness (QED) is 0.351. The van der Waals surface area contributed by atoms with Crippen LogP contribution in [0.15, 0.2) is 0 Å². The zero-order chi connectivity index (χ0) is 4.28. The minimum absolute atomic E-state index is 0. The standard InChI is InChI=1S/C2H7N2.2ClH.Nb/c1-4(2)3;;;/h3H,1-2H3;2*1H;/q-1;;;+3/p-2. The number of rotatable bonds is 1. The van der Waals surface area contributed by atoms with Gasteiger partial charge in [0, 0.05) is 0 Å². The van der Waals surface area contributed by atoms with Gasteiger partial charge in [-0.1, -0.05) is 0 Å². The molecule has 0 saturated heterocycles. The maximum absolute atomic E-state index is 2.91. The van der Waals surface area contributed by atoms with Gasteiger partial charge in [-0.25, -0.2) is 0 Å². The molecule has 0 atom stereocenters. The Morgan fingerprint density at radius 2 is 1.43 bits per heavy atom. The zero-order valence-electron chi connectivity index (χ0n) is 4.15. The molecule has 0 rings (SSSR count). The van der Waals surface area contributed by atoms with Crippen LogP contribution < -0.4 is 28.6 Å². The molecule has 0 aliphatic carbocycles. The van der Waals surface area contributed by atoms with Gasteiger partial charge in [-0.05, 0) is 0 Å². The summed E-state index contributed by atoms with van der Waals surface area (Å²) in [4.78, 5) is 0. The molecule has 0 bridgehead atoms. The Kier molecular flexibility index (Phi) is 23.1. The third-order valence-electron chi connectivity index (χ3n) is 0.200. The monoisotopic (exact) mass is 222 g/mol. The van der Waals surface area contributed by atoms with Gasteiger partial charge in [0.05, 0.1) is 0 Å². The Morgan fingerprint density at radius 3 is 1.43 bits per heavy atom. The Hall–Kier alpha value is 1.24. The molecule has 0 amide bonds. The smallest absolute Gasteiger partial charge is 1.00 e. The molecule has 0 heterocycles. The molecular formula is C2H7Cl2N2Nb. The number of hydrazine groups is 1. The number of hydrogen-bond donors (Lipinski definition) is 1. The fourth-order valence-electron chi connectivity index (χ4n) is 0. The van der Waals surface area contributed by atoms with Gasteiger partial charge in [-0.3, -0.25) is 0 Å². The topological polar surface area (TPSA) is 15.3 Å². The van der Waals surface area contributed by atoms with Crippen molar-refractivity contribution in [2.45, 2.75) is 0 Å². The van der Waals surface area contributed by atoms with E-state index < -0.39 is 0 Å². The van der Waals surface area contributed by atoms with Gasteiger partial charge < -0.3 is 24.8 Å². The van der Waals surface area contributed by atoms with Crippen LogP contribution in [-0.2, 0) is 21.3 Å². The van der Waals surface area contributed by atoms with Crippen molar-refractivity contribution in [3.8, 4) is 0 Å². The van der Waals surface area contributed by atoms with Crippen molar-refractivity contribution in [1.82, 2.24) is 8.84 Å². The maximum atomic E-state index is 2.91. The summed E-state index contributed by atoms with van der Waals surface area (Å²) in [6.07, 6.45) is 0. The van der Waals surface area contributed by atoms with Crippen LogP contribution in [-0.4, -0.2) is 19.1 Å². The summed E-state index contributed by atoms with van der Waals surface area (Å²) in [6.45, 7) is 0. The van der Waals surface area contributed by atoms with E-state index in [0.29, 0.717) is 0 Å². The molecule has 1 N–H and O–H groups in total. The van der Waals surface area contributed by atoms with Gasteiger partial charge in [0.25, 0.3) is 0 Å². The molecular weight excluding hydrogens is 216 g/mol. The molecule has 0 aromatic carbocycles. The first-order valence-electron chi connectivity index (χ1n) is 1.34. The fraction of sp³-hybridized carbons (Fsp3) is 1.00. The maximum Gasteiger partial charge on any atom is -1.00 e. The minimum Gasteiger partial charge on any atom is -1.00 e. The molecule has 0 radical (unpaired) electrons. The minimum atomic E-state index is 0. The largest absolute Gasteiger partial charge is 1.00 e. The molecule has 7 heavy (non-hydrogen) atoms. The molecule has 0 aliphatic rings. The van der Waals surface area contributed by atoms with Crippen molar-refractivity contribution in [1.29, 1.82) is 0 Å². The summed E-state index contributed by atoms with van der Waals surface area (Å²) in [5.41, 5.74) is 0. The molecule has 44 valence electrons. The van der Waals surface area contributed by atoms with Crippen LogP contribution in [0.2, 0.25) is 0 Å². The first kappa shape index (κ1) is 15.7. The van der Waals surface area contributed by atoms with Crippen LogP contribution in [0.25, 0.3) is 0 Å². The molecule has 0 spiro atoms. The second-order valence-electron chi connectivity index (χ2n) is 0.994. The zero-order valence-corrected chi connectivity index (χ0v) is 7.86. The summed E-state index contributed by atoms with van der Waals surface area (Å²) >= 11 is 1.58. The van der Waals surface area contributed by atoms with Crippen molar-refractivity contribution >= 4 is 0 Å². The number of nitrogens with zero attached hydrogens (tertiary/aromatic N) is 1. The van der Waals surface area contributed by atoms with Gasteiger partial charge in [-0.2, -0.15) is 0 Å². The second-order valence-corrected chi connectivity index (χ2v) is 1.49. The van der Waals surface area contributed by atoms with Crippen LogP contribution in [0.4, 0.5) is 0 Å². The molecule has 5 heteroatoms. The van der Waals surface area contributed by atoms with E-state index in [-0.39, 0.29) is 24.8 Å². The summed E-state index contributed by atoms with van der Waals surface area (Å²) in [5.74, 6) is 0. The number of hydrogen-bond acceptors (Lipinski definition) is 2. The Labute approximate surface area is 69.0 Å². The summed E-state index contributed by atoms with van der Waals surface area (Å²) in [6, 6.07) is 0. The van der Waals surface area contributed by atoms with Crippen LogP contribution in [0.1, 0.15) is 0 Å². The van der Waals surface area contributed by atoms with Gasteiger partial charge in [0.1, 0.15) is 0 Å². The van der Waals surface area contributed by atoms with Gasteiger partial charge in [-0.15, -0.1) is 0 Å². The number of halogens is 2. The summed E-state index contributed by atoms with van der Waals surface area (Å²) in [5, 5.41) is 1.90. The van der Waals surface area contributed by atoms with Crippen molar-refractivity contribution in [3.05, 3.63) is 0 Å². The van der Waals surface area contributed by atoms with E-state index in [4.69, 9.17) is 0 Å². The van der Waals surface area contributed by atoms with E-state index in [0.717, 1.165) is 0 Å². The van der Waals surface area contributed by atoms with Gasteiger partial charge in [0.2, 0.25) is 0 Å². The Morgan fingerprint density at radius 1 is 1.29 bits per heavy atom. The number of nitrogens with one attached hydrogen (secondary N) is 1. The summed E-state index contributed by atoms with van der Waals surface area (Å²) in [7, 11) is 3.91. The third-order valence-corrected chi connectivity index (χ3v) is 1.18. The molecule has 0 fully saturated rings. The molecule has 0 saturated carbocycles. The molecule has 0 aliphatic heterocycles. The SMILES string of the molecule is CN(C)[NH][Nb+2].[Cl-].[Cl-]. The van der Waals surface area contributed by atoms with Crippen molar-refractivity contribution in [2.24, 2.45) is 0 Å².